The van der Waals surface area contributed by atoms with Crippen LogP contribution in [0.4, 0.5) is 4.39 Å². The van der Waals surface area contributed by atoms with Gasteiger partial charge >= 0.3 is 0 Å². The summed E-state index contributed by atoms with van der Waals surface area (Å²) in [5.74, 6) is 0.365. The number of carbonyl (C=O) groups excluding carboxylic acids is 1. The summed E-state index contributed by atoms with van der Waals surface area (Å²) in [5, 5.41) is 3.17. The van der Waals surface area contributed by atoms with Crippen molar-refractivity contribution < 1.29 is 9.18 Å². The fraction of sp³-hybridized carbons (Fsp3) is 0.704. The van der Waals surface area contributed by atoms with Crippen molar-refractivity contribution in [2.24, 2.45) is 16.3 Å². The molecule has 1 aliphatic carbocycles. The van der Waals surface area contributed by atoms with Crippen molar-refractivity contribution in [3.63, 3.8) is 0 Å². The fourth-order valence-corrected chi connectivity index (χ4v) is 3.91. The predicted octanol–water partition coefficient (Wildman–Crippen LogP) is 7.74. The lowest BCUT2D eigenvalue weighted by Crippen LogP contribution is -2.44. The SMILES string of the molecule is C/C=C\C.CCC(CCC(=O)NC(C)(C)CC1=CC=C(F)CC1)C(=NC)C(C)(C)CC. The van der Waals surface area contributed by atoms with Crippen LogP contribution in [0.25, 0.3) is 0 Å². The molecule has 1 unspecified atom stereocenters. The van der Waals surface area contributed by atoms with Gasteiger partial charge in [0.15, 0.2) is 0 Å². The molecule has 0 saturated heterocycles. The van der Waals surface area contributed by atoms with Crippen LogP contribution in [-0.4, -0.2) is 24.2 Å². The van der Waals surface area contributed by atoms with Crippen molar-refractivity contribution in [1.29, 1.82) is 0 Å². The standard InChI is InChI=1S/C23H39FN2O.C4H8/c1-8-18(21(25-7)22(3,4)9-2)12-15-20(27)26-23(5,6)16-17-10-13-19(24)14-11-17;1-3-4-2/h10,13,18H,8-9,11-12,14-16H2,1-7H3,(H,26,27);3-4H,1-2H3/b;4-3-. The van der Waals surface area contributed by atoms with Crippen LogP contribution >= 0.6 is 0 Å². The van der Waals surface area contributed by atoms with Gasteiger partial charge in [0.2, 0.25) is 5.91 Å². The molecular weight excluding hydrogens is 387 g/mol. The molecule has 4 heteroatoms. The molecule has 0 aromatic carbocycles. The summed E-state index contributed by atoms with van der Waals surface area (Å²) < 4.78 is 13.2. The third kappa shape index (κ3) is 11.5. The highest BCUT2D eigenvalue weighted by Gasteiger charge is 2.29. The molecule has 3 nitrogen and oxygen atoms in total. The molecule has 0 aromatic heterocycles. The Morgan fingerprint density at radius 3 is 2.19 bits per heavy atom. The summed E-state index contributed by atoms with van der Waals surface area (Å²) >= 11 is 0. The second kappa shape index (κ2) is 14.4. The van der Waals surface area contributed by atoms with Gasteiger partial charge in [-0.1, -0.05) is 51.5 Å². The highest BCUT2D eigenvalue weighted by atomic mass is 19.1. The lowest BCUT2D eigenvalue weighted by atomic mass is 9.76. The Morgan fingerprint density at radius 1 is 1.16 bits per heavy atom. The van der Waals surface area contributed by atoms with Crippen LogP contribution in [0.15, 0.2) is 40.7 Å². The Labute approximate surface area is 191 Å². The number of allylic oxidation sites excluding steroid dienone is 5. The molecule has 1 amide bonds. The van der Waals surface area contributed by atoms with Crippen LogP contribution in [0.3, 0.4) is 0 Å². The lowest BCUT2D eigenvalue weighted by Gasteiger charge is -2.32. The highest BCUT2D eigenvalue weighted by Crippen LogP contribution is 2.31. The molecule has 1 atom stereocenters. The average Bonchev–Trinajstić information content (AvgIpc) is 2.72. The van der Waals surface area contributed by atoms with Gasteiger partial charge in [-0.15, -0.1) is 0 Å². The molecule has 178 valence electrons. The van der Waals surface area contributed by atoms with Crippen LogP contribution in [0.2, 0.25) is 0 Å². The van der Waals surface area contributed by atoms with Gasteiger partial charge < -0.3 is 5.32 Å². The third-order valence-electron chi connectivity index (χ3n) is 6.08. The van der Waals surface area contributed by atoms with E-state index < -0.39 is 0 Å². The first-order chi connectivity index (χ1) is 14.5. The van der Waals surface area contributed by atoms with Crippen LogP contribution in [0.1, 0.15) is 100 Å². The van der Waals surface area contributed by atoms with E-state index in [-0.39, 0.29) is 22.7 Å². The monoisotopic (exact) mass is 434 g/mol. The van der Waals surface area contributed by atoms with Crippen LogP contribution in [-0.2, 0) is 4.79 Å². The van der Waals surface area contributed by atoms with Crippen molar-refractivity contribution in [3.8, 4) is 0 Å². The topological polar surface area (TPSA) is 41.5 Å². The summed E-state index contributed by atoms with van der Waals surface area (Å²) in [5.41, 5.74) is 2.16. The number of amides is 1. The predicted molar refractivity (Wildman–Crippen MR) is 134 cm³/mol. The summed E-state index contributed by atoms with van der Waals surface area (Å²) in [4.78, 5) is 17.1. The van der Waals surface area contributed by atoms with E-state index in [1.165, 1.54) is 11.3 Å². The summed E-state index contributed by atoms with van der Waals surface area (Å²) in [7, 11) is 1.87. The zero-order chi connectivity index (χ0) is 24.1. The number of carbonyl (C=O) groups is 1. The third-order valence-corrected chi connectivity index (χ3v) is 6.08. The molecular formula is C27H47FN2O. The maximum absolute atomic E-state index is 13.2. The molecule has 0 spiro atoms. The minimum atomic E-state index is -0.323. The minimum Gasteiger partial charge on any atom is -0.351 e. The van der Waals surface area contributed by atoms with E-state index in [4.69, 9.17) is 0 Å². The molecule has 0 radical (unpaired) electrons. The lowest BCUT2D eigenvalue weighted by molar-refractivity contribution is -0.122. The Morgan fingerprint density at radius 2 is 1.77 bits per heavy atom. The number of aliphatic imine (C=N–C) groups is 1. The van der Waals surface area contributed by atoms with Crippen LogP contribution in [0.5, 0.6) is 0 Å². The molecule has 1 rings (SSSR count). The van der Waals surface area contributed by atoms with Gasteiger partial charge in [0, 0.05) is 36.6 Å². The molecule has 0 fully saturated rings. The highest BCUT2D eigenvalue weighted by molar-refractivity contribution is 5.92. The zero-order valence-corrected chi connectivity index (χ0v) is 21.6. The van der Waals surface area contributed by atoms with Crippen molar-refractivity contribution in [3.05, 3.63) is 35.7 Å². The van der Waals surface area contributed by atoms with Crippen LogP contribution in [0, 0.1) is 11.3 Å². The molecule has 1 aliphatic rings. The van der Waals surface area contributed by atoms with E-state index in [2.05, 4.69) is 38.0 Å². The van der Waals surface area contributed by atoms with Crippen LogP contribution < -0.4 is 5.32 Å². The quantitative estimate of drug-likeness (QED) is 0.277. The number of nitrogens with zero attached hydrogens (tertiary/aromatic N) is 1. The summed E-state index contributed by atoms with van der Waals surface area (Å²) in [6.07, 6.45) is 12.7. The Kier molecular flexibility index (Phi) is 13.6. The molecule has 0 bridgehead atoms. The number of hydrogen-bond donors (Lipinski definition) is 1. The molecule has 0 aromatic rings. The number of rotatable bonds is 10. The van der Waals surface area contributed by atoms with E-state index in [9.17, 15) is 9.18 Å². The van der Waals surface area contributed by atoms with Gasteiger partial charge in [-0.3, -0.25) is 9.79 Å². The molecule has 0 heterocycles. The average molecular weight is 435 g/mol. The normalized spacial score (nSPS) is 16.3. The van der Waals surface area contributed by atoms with E-state index >= 15 is 0 Å². The molecule has 31 heavy (non-hydrogen) atoms. The van der Waals surface area contributed by atoms with Crippen molar-refractivity contribution in [2.75, 3.05) is 7.05 Å². The second-order valence-electron chi connectivity index (χ2n) is 9.70. The van der Waals surface area contributed by atoms with E-state index in [0.717, 1.165) is 32.1 Å². The second-order valence-corrected chi connectivity index (χ2v) is 9.70. The first-order valence-corrected chi connectivity index (χ1v) is 11.9. The first-order valence-electron chi connectivity index (χ1n) is 11.9. The van der Waals surface area contributed by atoms with Crippen molar-refractivity contribution in [1.82, 2.24) is 5.32 Å². The van der Waals surface area contributed by atoms with E-state index in [1.54, 1.807) is 6.08 Å². The molecule has 0 saturated carbocycles. The summed E-state index contributed by atoms with van der Waals surface area (Å²) in [6.45, 7) is 16.9. The van der Waals surface area contributed by atoms with Gasteiger partial charge in [0.05, 0.1) is 0 Å². The van der Waals surface area contributed by atoms with Gasteiger partial charge in [-0.25, -0.2) is 4.39 Å². The van der Waals surface area contributed by atoms with Gasteiger partial charge in [0.25, 0.3) is 0 Å². The van der Waals surface area contributed by atoms with Gasteiger partial charge in [-0.05, 0) is 71.8 Å². The number of hydrogen-bond acceptors (Lipinski definition) is 2. The summed E-state index contributed by atoms with van der Waals surface area (Å²) in [6, 6.07) is 0. The largest absolute Gasteiger partial charge is 0.351 e. The number of halogens is 1. The number of nitrogens with one attached hydrogen (secondary N) is 1. The Hall–Kier alpha value is -1.71. The zero-order valence-electron chi connectivity index (χ0n) is 21.6. The van der Waals surface area contributed by atoms with E-state index in [0.29, 0.717) is 18.8 Å². The molecule has 0 aliphatic heterocycles. The van der Waals surface area contributed by atoms with E-state index in [1.807, 2.05) is 53.0 Å². The molecule has 1 N–H and O–H groups in total. The van der Waals surface area contributed by atoms with Gasteiger partial charge in [0.1, 0.15) is 5.83 Å². The Balaban J connectivity index is 0.00000206. The smallest absolute Gasteiger partial charge is 0.220 e. The Bertz CT molecular complexity index is 665. The fourth-order valence-electron chi connectivity index (χ4n) is 3.91. The maximum Gasteiger partial charge on any atom is 0.220 e. The van der Waals surface area contributed by atoms with Crippen molar-refractivity contribution >= 4 is 11.6 Å². The maximum atomic E-state index is 13.2. The first kappa shape index (κ1) is 29.3. The van der Waals surface area contributed by atoms with Crippen molar-refractivity contribution in [2.45, 2.75) is 106 Å². The minimum absolute atomic E-state index is 0.0606. The van der Waals surface area contributed by atoms with Gasteiger partial charge in [-0.2, -0.15) is 0 Å².